The summed E-state index contributed by atoms with van der Waals surface area (Å²) in [7, 11) is 1.26. The topological polar surface area (TPSA) is 87.2 Å². The summed E-state index contributed by atoms with van der Waals surface area (Å²) in [6.45, 7) is 1.03. The molecule has 11 heteroatoms. The molecule has 1 unspecified atom stereocenters. The molecule has 1 atom stereocenters. The quantitative estimate of drug-likeness (QED) is 0.458. The number of rotatable bonds is 7. The van der Waals surface area contributed by atoms with Gasteiger partial charge < -0.3 is 23.8 Å². The van der Waals surface area contributed by atoms with Crippen molar-refractivity contribution in [2.24, 2.45) is 0 Å². The highest BCUT2D eigenvalue weighted by Gasteiger charge is 2.31. The Labute approximate surface area is 187 Å². The SMILES string of the molecule is COC(=O)c1cncc(OCC2CN(C(=O)C=Cc3cccc(OC(F)(F)F)c3)CCO2)c1. The van der Waals surface area contributed by atoms with Crippen LogP contribution in [0.5, 0.6) is 11.5 Å². The van der Waals surface area contributed by atoms with Crippen molar-refractivity contribution in [1.82, 2.24) is 9.88 Å². The van der Waals surface area contributed by atoms with Gasteiger partial charge in [-0.2, -0.15) is 0 Å². The zero-order chi connectivity index (χ0) is 23.8. The fourth-order valence-corrected chi connectivity index (χ4v) is 3.03. The van der Waals surface area contributed by atoms with Gasteiger partial charge in [-0.3, -0.25) is 9.78 Å². The first-order valence-corrected chi connectivity index (χ1v) is 9.84. The monoisotopic (exact) mass is 466 g/mol. The van der Waals surface area contributed by atoms with Crippen LogP contribution in [-0.4, -0.2) is 67.6 Å². The lowest BCUT2D eigenvalue weighted by Crippen LogP contribution is -2.47. The number of halogens is 3. The van der Waals surface area contributed by atoms with Gasteiger partial charge in [0.2, 0.25) is 5.91 Å². The van der Waals surface area contributed by atoms with Crippen molar-refractivity contribution in [1.29, 1.82) is 0 Å². The minimum atomic E-state index is -4.79. The molecule has 1 aromatic heterocycles. The van der Waals surface area contributed by atoms with E-state index in [-0.39, 0.29) is 30.4 Å². The summed E-state index contributed by atoms with van der Waals surface area (Å²) in [6.07, 6.45) is 0.280. The molecule has 1 saturated heterocycles. The van der Waals surface area contributed by atoms with E-state index < -0.39 is 18.4 Å². The maximum Gasteiger partial charge on any atom is 0.573 e. The van der Waals surface area contributed by atoms with E-state index in [4.69, 9.17) is 9.47 Å². The fourth-order valence-electron chi connectivity index (χ4n) is 3.03. The lowest BCUT2D eigenvalue weighted by atomic mass is 10.2. The number of alkyl halides is 3. The van der Waals surface area contributed by atoms with Gasteiger partial charge in [-0.1, -0.05) is 12.1 Å². The molecule has 176 valence electrons. The molecule has 3 rings (SSSR count). The Kier molecular flexibility index (Phi) is 7.88. The molecule has 0 N–H and O–H groups in total. The van der Waals surface area contributed by atoms with Gasteiger partial charge in [0.05, 0.1) is 32.0 Å². The normalized spacial score (nSPS) is 16.5. The Morgan fingerprint density at radius 3 is 2.82 bits per heavy atom. The lowest BCUT2D eigenvalue weighted by molar-refractivity contribution is -0.274. The predicted molar refractivity (Wildman–Crippen MR) is 110 cm³/mol. The van der Waals surface area contributed by atoms with Crippen molar-refractivity contribution in [2.75, 3.05) is 33.4 Å². The average molecular weight is 466 g/mol. The summed E-state index contributed by atoms with van der Waals surface area (Å²) in [5.74, 6) is -0.877. The molecule has 8 nitrogen and oxygen atoms in total. The molecular formula is C22H21F3N2O6. The van der Waals surface area contributed by atoms with E-state index in [1.807, 2.05) is 0 Å². The van der Waals surface area contributed by atoms with Crippen molar-refractivity contribution in [3.05, 3.63) is 59.9 Å². The number of esters is 1. The van der Waals surface area contributed by atoms with Crippen molar-refractivity contribution in [3.63, 3.8) is 0 Å². The zero-order valence-electron chi connectivity index (χ0n) is 17.6. The van der Waals surface area contributed by atoms with Crippen LogP contribution in [0.3, 0.4) is 0 Å². The summed E-state index contributed by atoms with van der Waals surface area (Å²) < 4.78 is 56.9. The number of pyridine rings is 1. The molecule has 2 heterocycles. The van der Waals surface area contributed by atoms with E-state index in [9.17, 15) is 22.8 Å². The van der Waals surface area contributed by atoms with Gasteiger partial charge in [0, 0.05) is 18.8 Å². The molecule has 0 saturated carbocycles. The van der Waals surface area contributed by atoms with Crippen LogP contribution in [0, 0.1) is 0 Å². The van der Waals surface area contributed by atoms with Crippen molar-refractivity contribution in [2.45, 2.75) is 12.5 Å². The van der Waals surface area contributed by atoms with Crippen LogP contribution < -0.4 is 9.47 Å². The molecule has 0 radical (unpaired) electrons. The van der Waals surface area contributed by atoms with E-state index >= 15 is 0 Å². The number of methoxy groups -OCH3 is 1. The van der Waals surface area contributed by atoms with Crippen LogP contribution in [0.1, 0.15) is 15.9 Å². The molecular weight excluding hydrogens is 445 g/mol. The first-order chi connectivity index (χ1) is 15.7. The van der Waals surface area contributed by atoms with Gasteiger partial charge in [0.15, 0.2) is 0 Å². The number of carbonyl (C=O) groups excluding carboxylic acids is 2. The van der Waals surface area contributed by atoms with Gasteiger partial charge >= 0.3 is 12.3 Å². The number of morpholine rings is 1. The fraction of sp³-hybridized carbons (Fsp3) is 0.318. The Hall–Kier alpha value is -3.60. The summed E-state index contributed by atoms with van der Waals surface area (Å²) in [5.41, 5.74) is 0.627. The number of carbonyl (C=O) groups is 2. The van der Waals surface area contributed by atoms with Gasteiger partial charge in [-0.25, -0.2) is 4.79 Å². The summed E-state index contributed by atoms with van der Waals surface area (Å²) in [5, 5.41) is 0. The highest BCUT2D eigenvalue weighted by molar-refractivity contribution is 5.92. The summed E-state index contributed by atoms with van der Waals surface area (Å²) >= 11 is 0. The standard InChI is InChI=1S/C22H21F3N2O6/c1-30-21(29)16-10-18(12-26-11-16)32-14-19-13-27(7-8-31-19)20(28)6-5-15-3-2-4-17(9-15)33-22(23,24)25/h2-6,9-12,19H,7-8,13-14H2,1H3. The Balaban J connectivity index is 1.54. The van der Waals surface area contributed by atoms with E-state index in [1.54, 1.807) is 11.0 Å². The number of amides is 1. The van der Waals surface area contributed by atoms with Crippen LogP contribution in [0.4, 0.5) is 13.2 Å². The third kappa shape index (κ3) is 7.49. The van der Waals surface area contributed by atoms with Gasteiger partial charge in [0.1, 0.15) is 24.2 Å². The largest absolute Gasteiger partial charge is 0.573 e. The van der Waals surface area contributed by atoms with Crippen LogP contribution >= 0.6 is 0 Å². The molecule has 2 aromatic rings. The number of hydrogen-bond donors (Lipinski definition) is 0. The smallest absolute Gasteiger partial charge is 0.489 e. The van der Waals surface area contributed by atoms with Crippen molar-refractivity contribution in [3.8, 4) is 11.5 Å². The number of nitrogens with zero attached hydrogens (tertiary/aromatic N) is 2. The Bertz CT molecular complexity index is 1010. The van der Waals surface area contributed by atoms with Crippen molar-refractivity contribution >= 4 is 18.0 Å². The molecule has 0 bridgehead atoms. The van der Waals surface area contributed by atoms with Gasteiger partial charge in [-0.15, -0.1) is 13.2 Å². The average Bonchev–Trinajstić information content (AvgIpc) is 2.80. The third-order valence-electron chi connectivity index (χ3n) is 4.53. The second kappa shape index (κ2) is 10.8. The van der Waals surface area contributed by atoms with Gasteiger partial charge in [0.25, 0.3) is 0 Å². The Morgan fingerprint density at radius 2 is 2.06 bits per heavy atom. The van der Waals surface area contributed by atoms with Crippen LogP contribution in [0.15, 0.2) is 48.8 Å². The first kappa shape index (κ1) is 24.1. The number of ether oxygens (including phenoxy) is 4. The maximum absolute atomic E-state index is 12.5. The van der Waals surface area contributed by atoms with Crippen LogP contribution in [-0.2, 0) is 14.3 Å². The second-order valence-corrected chi connectivity index (χ2v) is 6.94. The summed E-state index contributed by atoms with van der Waals surface area (Å²) in [4.78, 5) is 29.6. The number of aromatic nitrogens is 1. The zero-order valence-corrected chi connectivity index (χ0v) is 17.6. The molecule has 1 aromatic carbocycles. The molecule has 1 aliphatic heterocycles. The molecule has 0 aliphatic carbocycles. The van der Waals surface area contributed by atoms with E-state index in [2.05, 4.69) is 14.5 Å². The predicted octanol–water partition coefficient (Wildman–Crippen LogP) is 3.09. The summed E-state index contributed by atoms with van der Waals surface area (Å²) in [6, 6.07) is 6.81. The molecule has 0 spiro atoms. The highest BCUT2D eigenvalue weighted by atomic mass is 19.4. The van der Waals surface area contributed by atoms with E-state index in [1.165, 1.54) is 55.9 Å². The number of benzene rings is 1. The van der Waals surface area contributed by atoms with E-state index in [0.717, 1.165) is 0 Å². The molecule has 1 fully saturated rings. The first-order valence-electron chi connectivity index (χ1n) is 9.84. The van der Waals surface area contributed by atoms with E-state index in [0.29, 0.717) is 24.5 Å². The minimum absolute atomic E-state index is 0.122. The molecule has 1 aliphatic rings. The second-order valence-electron chi connectivity index (χ2n) is 6.94. The highest BCUT2D eigenvalue weighted by Crippen LogP contribution is 2.23. The maximum atomic E-state index is 12.5. The lowest BCUT2D eigenvalue weighted by Gasteiger charge is -2.32. The van der Waals surface area contributed by atoms with Gasteiger partial charge in [-0.05, 0) is 29.8 Å². The Morgan fingerprint density at radius 1 is 1.24 bits per heavy atom. The number of hydrogen-bond acceptors (Lipinski definition) is 7. The van der Waals surface area contributed by atoms with Crippen LogP contribution in [0.25, 0.3) is 6.08 Å². The third-order valence-corrected chi connectivity index (χ3v) is 4.53. The molecule has 33 heavy (non-hydrogen) atoms. The minimum Gasteiger partial charge on any atom is -0.489 e. The molecule has 1 amide bonds. The van der Waals surface area contributed by atoms with Crippen LogP contribution in [0.2, 0.25) is 0 Å². The van der Waals surface area contributed by atoms with Crippen molar-refractivity contribution < 1.29 is 41.7 Å².